The summed E-state index contributed by atoms with van der Waals surface area (Å²) in [6.45, 7) is 5.80. The lowest BCUT2D eigenvalue weighted by atomic mass is 10.4. The van der Waals surface area contributed by atoms with Gasteiger partial charge in [-0.3, -0.25) is 4.79 Å². The predicted octanol–water partition coefficient (Wildman–Crippen LogP) is 2.76. The second kappa shape index (κ2) is 9.18. The highest BCUT2D eigenvalue weighted by Crippen LogP contribution is 2.27. The molecule has 0 aliphatic carbocycles. The van der Waals surface area contributed by atoms with E-state index in [4.69, 9.17) is 16.3 Å². The number of thioether (sulfide) groups is 1. The molecule has 0 saturated carbocycles. The molecule has 0 spiro atoms. The van der Waals surface area contributed by atoms with Crippen LogP contribution in [0, 0.1) is 0 Å². The van der Waals surface area contributed by atoms with Gasteiger partial charge in [-0.1, -0.05) is 23.4 Å². The van der Waals surface area contributed by atoms with Crippen LogP contribution in [0.1, 0.15) is 20.3 Å². The fraction of sp³-hybridized carbons (Fsp3) is 0.538. The van der Waals surface area contributed by atoms with Crippen LogP contribution in [0.3, 0.4) is 0 Å². The zero-order valence-electron chi connectivity index (χ0n) is 11.2. The molecule has 1 atom stereocenters. The first kappa shape index (κ1) is 16.3. The summed E-state index contributed by atoms with van der Waals surface area (Å²) >= 11 is 7.36. The first-order valence-electron chi connectivity index (χ1n) is 6.27. The van der Waals surface area contributed by atoms with Crippen molar-refractivity contribution >= 4 is 29.3 Å². The van der Waals surface area contributed by atoms with Crippen LogP contribution in [0.5, 0.6) is 0 Å². The van der Waals surface area contributed by atoms with Gasteiger partial charge in [0.25, 0.3) is 0 Å². The Morgan fingerprint density at radius 1 is 1.63 bits per heavy atom. The van der Waals surface area contributed by atoms with Crippen molar-refractivity contribution in [1.29, 1.82) is 0 Å². The molecule has 1 heterocycles. The van der Waals surface area contributed by atoms with Crippen LogP contribution in [0.2, 0.25) is 5.02 Å². The Balaban J connectivity index is 2.31. The molecule has 1 amide bonds. The molecule has 0 bridgehead atoms. The fourth-order valence-electron chi connectivity index (χ4n) is 1.35. The van der Waals surface area contributed by atoms with Crippen LogP contribution in [0.4, 0.5) is 0 Å². The molecule has 1 aromatic rings. The van der Waals surface area contributed by atoms with Gasteiger partial charge in [0.1, 0.15) is 5.03 Å². The molecule has 1 aromatic heterocycles. The van der Waals surface area contributed by atoms with Gasteiger partial charge in [-0.05, 0) is 32.4 Å². The molecule has 19 heavy (non-hydrogen) atoms. The van der Waals surface area contributed by atoms with Crippen molar-refractivity contribution < 1.29 is 9.53 Å². The van der Waals surface area contributed by atoms with Gasteiger partial charge in [0.05, 0.1) is 10.3 Å². The Labute approximate surface area is 123 Å². The molecule has 0 aliphatic rings. The highest BCUT2D eigenvalue weighted by atomic mass is 35.5. The zero-order valence-corrected chi connectivity index (χ0v) is 12.8. The quantitative estimate of drug-likeness (QED) is 0.592. The number of nitrogens with one attached hydrogen (secondary N) is 1. The van der Waals surface area contributed by atoms with Gasteiger partial charge >= 0.3 is 0 Å². The summed E-state index contributed by atoms with van der Waals surface area (Å²) in [5.74, 6) is -0.0109. The number of halogens is 1. The maximum Gasteiger partial charge on any atom is 0.233 e. The Bertz CT molecular complexity index is 404. The van der Waals surface area contributed by atoms with E-state index < -0.39 is 0 Å². The van der Waals surface area contributed by atoms with E-state index in [0.29, 0.717) is 29.8 Å². The summed E-state index contributed by atoms with van der Waals surface area (Å²) in [5.41, 5.74) is 0. The molecular formula is C13H19ClN2O2S. The van der Waals surface area contributed by atoms with Gasteiger partial charge in [0, 0.05) is 26.0 Å². The number of amides is 1. The van der Waals surface area contributed by atoms with Gasteiger partial charge in [-0.2, -0.15) is 0 Å². The van der Waals surface area contributed by atoms with Gasteiger partial charge in [-0.25, -0.2) is 4.98 Å². The smallest absolute Gasteiger partial charge is 0.233 e. The number of nitrogens with zero attached hydrogens (tertiary/aromatic N) is 1. The van der Waals surface area contributed by atoms with Gasteiger partial charge in [0.2, 0.25) is 5.91 Å². The lowest BCUT2D eigenvalue weighted by molar-refractivity contribution is -0.120. The maximum absolute atomic E-state index is 11.8. The predicted molar refractivity (Wildman–Crippen MR) is 78.7 cm³/mol. The van der Waals surface area contributed by atoms with E-state index >= 15 is 0 Å². The van der Waals surface area contributed by atoms with E-state index in [9.17, 15) is 4.79 Å². The molecule has 1 unspecified atom stereocenters. The molecule has 1 N–H and O–H groups in total. The van der Waals surface area contributed by atoms with Crippen molar-refractivity contribution in [3.63, 3.8) is 0 Å². The highest BCUT2D eigenvalue weighted by Gasteiger charge is 2.15. The number of carbonyl (C=O) groups is 1. The Morgan fingerprint density at radius 2 is 2.42 bits per heavy atom. The third-order valence-corrected chi connectivity index (χ3v) is 3.88. The summed E-state index contributed by atoms with van der Waals surface area (Å²) in [6.07, 6.45) is 2.49. The second-order valence-corrected chi connectivity index (χ2v) is 5.63. The molecule has 1 rings (SSSR count). The van der Waals surface area contributed by atoms with Crippen molar-refractivity contribution in [3.8, 4) is 0 Å². The third kappa shape index (κ3) is 6.27. The average Bonchev–Trinajstić information content (AvgIpc) is 2.41. The van der Waals surface area contributed by atoms with E-state index in [-0.39, 0.29) is 11.2 Å². The minimum Gasteiger partial charge on any atom is -0.382 e. The number of carbonyl (C=O) groups excluding carboxylic acids is 1. The largest absolute Gasteiger partial charge is 0.382 e. The lowest BCUT2D eigenvalue weighted by Crippen LogP contribution is -2.32. The van der Waals surface area contributed by atoms with Gasteiger partial charge < -0.3 is 10.1 Å². The standard InChI is InChI=1S/C13H19ClN2O2S/c1-3-18-9-5-8-15-12(17)10(2)19-13-11(14)6-4-7-16-13/h4,6-7,10H,3,5,8-9H2,1-2H3,(H,15,17). The number of pyridine rings is 1. The lowest BCUT2D eigenvalue weighted by Gasteiger charge is -2.12. The zero-order chi connectivity index (χ0) is 14.1. The monoisotopic (exact) mass is 302 g/mol. The summed E-state index contributed by atoms with van der Waals surface area (Å²) in [4.78, 5) is 16.0. The molecule has 6 heteroatoms. The van der Waals surface area contributed by atoms with Crippen LogP contribution in [0.15, 0.2) is 23.4 Å². The minimum atomic E-state index is -0.223. The summed E-state index contributed by atoms with van der Waals surface area (Å²) < 4.78 is 5.20. The SMILES string of the molecule is CCOCCCNC(=O)C(C)Sc1ncccc1Cl. The van der Waals surface area contributed by atoms with Crippen molar-refractivity contribution in [3.05, 3.63) is 23.4 Å². The number of rotatable bonds is 8. The number of hydrogen-bond donors (Lipinski definition) is 1. The van der Waals surface area contributed by atoms with E-state index in [2.05, 4.69) is 10.3 Å². The van der Waals surface area contributed by atoms with Crippen LogP contribution >= 0.6 is 23.4 Å². The van der Waals surface area contributed by atoms with Crippen molar-refractivity contribution in [2.24, 2.45) is 0 Å². The van der Waals surface area contributed by atoms with E-state index in [1.54, 1.807) is 18.3 Å². The molecular weight excluding hydrogens is 284 g/mol. The van der Waals surface area contributed by atoms with Crippen LogP contribution in [-0.2, 0) is 9.53 Å². The molecule has 106 valence electrons. The molecule has 0 aliphatic heterocycles. The number of aromatic nitrogens is 1. The van der Waals surface area contributed by atoms with E-state index in [1.165, 1.54) is 11.8 Å². The summed E-state index contributed by atoms with van der Waals surface area (Å²) in [5, 5.41) is 3.90. The Hall–Kier alpha value is -0.780. The molecule has 0 saturated heterocycles. The minimum absolute atomic E-state index is 0.0109. The van der Waals surface area contributed by atoms with E-state index in [1.807, 2.05) is 13.8 Å². The van der Waals surface area contributed by atoms with Crippen molar-refractivity contribution in [2.75, 3.05) is 19.8 Å². The molecule has 4 nitrogen and oxygen atoms in total. The van der Waals surface area contributed by atoms with Crippen molar-refractivity contribution in [2.45, 2.75) is 30.5 Å². The van der Waals surface area contributed by atoms with E-state index in [0.717, 1.165) is 6.42 Å². The highest BCUT2D eigenvalue weighted by molar-refractivity contribution is 8.00. The Morgan fingerprint density at radius 3 is 3.11 bits per heavy atom. The fourth-order valence-corrected chi connectivity index (χ4v) is 2.44. The molecule has 0 aromatic carbocycles. The second-order valence-electron chi connectivity index (χ2n) is 3.89. The van der Waals surface area contributed by atoms with Crippen LogP contribution in [0.25, 0.3) is 0 Å². The van der Waals surface area contributed by atoms with Gasteiger partial charge in [-0.15, -0.1) is 0 Å². The number of hydrogen-bond acceptors (Lipinski definition) is 4. The van der Waals surface area contributed by atoms with Gasteiger partial charge in [0.15, 0.2) is 0 Å². The summed E-state index contributed by atoms with van der Waals surface area (Å²) in [7, 11) is 0. The molecule has 0 radical (unpaired) electrons. The third-order valence-electron chi connectivity index (χ3n) is 2.35. The first-order valence-corrected chi connectivity index (χ1v) is 7.53. The Kier molecular flexibility index (Phi) is 7.86. The molecule has 0 fully saturated rings. The number of ether oxygens (including phenoxy) is 1. The van der Waals surface area contributed by atoms with Crippen molar-refractivity contribution in [1.82, 2.24) is 10.3 Å². The first-order chi connectivity index (χ1) is 9.15. The van der Waals surface area contributed by atoms with Crippen LogP contribution < -0.4 is 5.32 Å². The maximum atomic E-state index is 11.8. The summed E-state index contributed by atoms with van der Waals surface area (Å²) in [6, 6.07) is 3.54. The average molecular weight is 303 g/mol. The normalized spacial score (nSPS) is 12.2. The van der Waals surface area contributed by atoms with Crippen LogP contribution in [-0.4, -0.2) is 35.9 Å². The topological polar surface area (TPSA) is 51.2 Å².